The average Bonchev–Trinajstić information content (AvgIpc) is 2.68. The molecular weight excluding hydrogens is 397 g/mol. The first-order valence-electron chi connectivity index (χ1n) is 9.48. The Balaban J connectivity index is 1.80. The molecule has 0 aromatic heterocycles. The Kier molecular flexibility index (Phi) is 6.86. The number of carbonyl (C=O) groups is 1. The Morgan fingerprint density at radius 1 is 1.14 bits per heavy atom. The van der Waals surface area contributed by atoms with Gasteiger partial charge in [-0.1, -0.05) is 43.1 Å². The van der Waals surface area contributed by atoms with Crippen molar-refractivity contribution in [1.82, 2.24) is 0 Å². The molecule has 4 nitrogen and oxygen atoms in total. The number of amides is 1. The van der Waals surface area contributed by atoms with Gasteiger partial charge < -0.3 is 14.8 Å². The van der Waals surface area contributed by atoms with Gasteiger partial charge in [-0.15, -0.1) is 0 Å². The molecule has 0 spiro atoms. The van der Waals surface area contributed by atoms with Crippen molar-refractivity contribution in [2.45, 2.75) is 32.1 Å². The van der Waals surface area contributed by atoms with E-state index in [0.29, 0.717) is 48.6 Å². The molecule has 0 unspecified atom stereocenters. The molecule has 2 aromatic rings. The van der Waals surface area contributed by atoms with Crippen molar-refractivity contribution in [3.63, 3.8) is 0 Å². The molecule has 150 valence electrons. The monoisotopic (exact) mass is 421 g/mol. The summed E-state index contributed by atoms with van der Waals surface area (Å²) in [7, 11) is 0. The van der Waals surface area contributed by atoms with E-state index in [1.165, 1.54) is 0 Å². The summed E-state index contributed by atoms with van der Waals surface area (Å²) in [6.45, 7) is 5.88. The summed E-state index contributed by atoms with van der Waals surface area (Å²) in [5, 5.41) is 4.09. The average molecular weight is 422 g/mol. The van der Waals surface area contributed by atoms with Gasteiger partial charge in [0.1, 0.15) is 5.75 Å². The van der Waals surface area contributed by atoms with Gasteiger partial charge in [-0.25, -0.2) is 0 Å². The van der Waals surface area contributed by atoms with E-state index in [1.807, 2.05) is 30.3 Å². The molecule has 0 bridgehead atoms. The van der Waals surface area contributed by atoms with E-state index in [0.717, 1.165) is 17.0 Å². The summed E-state index contributed by atoms with van der Waals surface area (Å²) in [6, 6.07) is 12.7. The van der Waals surface area contributed by atoms with E-state index in [9.17, 15) is 4.79 Å². The molecule has 3 rings (SSSR count). The first kappa shape index (κ1) is 21.0. The highest BCUT2D eigenvalue weighted by molar-refractivity contribution is 6.35. The van der Waals surface area contributed by atoms with Gasteiger partial charge in [-0.2, -0.15) is 0 Å². The van der Waals surface area contributed by atoms with Crippen molar-refractivity contribution >= 4 is 34.8 Å². The second kappa shape index (κ2) is 9.17. The summed E-state index contributed by atoms with van der Waals surface area (Å²) in [4.78, 5) is 13.3. The van der Waals surface area contributed by atoms with Gasteiger partial charge in [0.05, 0.1) is 12.0 Å². The molecule has 1 aliphatic heterocycles. The van der Waals surface area contributed by atoms with E-state index >= 15 is 0 Å². The SMILES string of the molecule is CC(C)COc1ccc(NC(=O)C2(c3ccc(Cl)cc3Cl)CCOCC2)cc1. The number of hydrogen-bond donors (Lipinski definition) is 1. The maximum atomic E-state index is 13.3. The number of anilines is 1. The van der Waals surface area contributed by atoms with E-state index in [4.69, 9.17) is 32.7 Å². The van der Waals surface area contributed by atoms with Gasteiger partial charge in [0.2, 0.25) is 5.91 Å². The zero-order valence-corrected chi connectivity index (χ0v) is 17.6. The first-order valence-corrected chi connectivity index (χ1v) is 10.2. The fourth-order valence-corrected chi connectivity index (χ4v) is 3.95. The second-order valence-electron chi connectivity index (χ2n) is 7.50. The van der Waals surface area contributed by atoms with Crippen LogP contribution in [0.4, 0.5) is 5.69 Å². The highest BCUT2D eigenvalue weighted by Crippen LogP contribution is 2.40. The van der Waals surface area contributed by atoms with Crippen LogP contribution in [0.1, 0.15) is 32.3 Å². The molecule has 0 atom stereocenters. The molecule has 1 amide bonds. The van der Waals surface area contributed by atoms with Gasteiger partial charge >= 0.3 is 0 Å². The smallest absolute Gasteiger partial charge is 0.235 e. The van der Waals surface area contributed by atoms with Crippen LogP contribution in [-0.2, 0) is 14.9 Å². The number of nitrogens with one attached hydrogen (secondary N) is 1. The third kappa shape index (κ3) is 4.80. The highest BCUT2D eigenvalue weighted by Gasteiger charge is 2.43. The lowest BCUT2D eigenvalue weighted by molar-refractivity contribution is -0.125. The summed E-state index contributed by atoms with van der Waals surface area (Å²) in [5.74, 6) is 1.15. The molecule has 1 N–H and O–H groups in total. The number of benzene rings is 2. The van der Waals surface area contributed by atoms with Crippen LogP contribution in [0.15, 0.2) is 42.5 Å². The number of ether oxygens (including phenoxy) is 2. The van der Waals surface area contributed by atoms with Gasteiger partial charge in [-0.3, -0.25) is 4.79 Å². The fourth-order valence-electron chi connectivity index (χ4n) is 3.36. The molecule has 0 aliphatic carbocycles. The molecular formula is C22H25Cl2NO3. The molecule has 1 fully saturated rings. The van der Waals surface area contributed by atoms with Crippen LogP contribution < -0.4 is 10.1 Å². The Morgan fingerprint density at radius 2 is 1.82 bits per heavy atom. The molecule has 0 saturated carbocycles. The van der Waals surface area contributed by atoms with E-state index in [2.05, 4.69) is 19.2 Å². The fraction of sp³-hybridized carbons (Fsp3) is 0.409. The second-order valence-corrected chi connectivity index (χ2v) is 8.35. The maximum Gasteiger partial charge on any atom is 0.235 e. The molecule has 28 heavy (non-hydrogen) atoms. The van der Waals surface area contributed by atoms with Crippen molar-refractivity contribution in [2.75, 3.05) is 25.1 Å². The molecule has 2 aromatic carbocycles. The summed E-state index contributed by atoms with van der Waals surface area (Å²) < 4.78 is 11.2. The Hall–Kier alpha value is -1.75. The number of hydrogen-bond acceptors (Lipinski definition) is 3. The van der Waals surface area contributed by atoms with Crippen molar-refractivity contribution < 1.29 is 14.3 Å². The van der Waals surface area contributed by atoms with E-state index in [1.54, 1.807) is 12.1 Å². The third-order valence-corrected chi connectivity index (χ3v) is 5.47. The Labute approximate surface area is 176 Å². The Bertz CT molecular complexity index is 815. The minimum absolute atomic E-state index is 0.0872. The van der Waals surface area contributed by atoms with Crippen LogP contribution >= 0.6 is 23.2 Å². The van der Waals surface area contributed by atoms with Crippen molar-refractivity contribution in [3.8, 4) is 5.75 Å². The summed E-state index contributed by atoms with van der Waals surface area (Å²) in [5.41, 5.74) is 0.765. The number of halogens is 2. The van der Waals surface area contributed by atoms with Crippen LogP contribution in [0.3, 0.4) is 0 Å². The zero-order chi connectivity index (χ0) is 20.1. The van der Waals surface area contributed by atoms with Gasteiger partial charge in [0.25, 0.3) is 0 Å². The van der Waals surface area contributed by atoms with Gasteiger partial charge in [0.15, 0.2) is 0 Å². The lowest BCUT2D eigenvalue weighted by Gasteiger charge is -2.36. The lowest BCUT2D eigenvalue weighted by Crippen LogP contribution is -2.45. The molecule has 1 aliphatic rings. The molecule has 1 saturated heterocycles. The van der Waals surface area contributed by atoms with E-state index < -0.39 is 5.41 Å². The van der Waals surface area contributed by atoms with Crippen LogP contribution in [0, 0.1) is 5.92 Å². The number of rotatable bonds is 6. The molecule has 0 radical (unpaired) electrons. The predicted octanol–water partition coefficient (Wildman–Crippen LogP) is 5.72. The van der Waals surface area contributed by atoms with Gasteiger partial charge in [0, 0.05) is 28.9 Å². The minimum atomic E-state index is -0.743. The normalized spacial score (nSPS) is 16.0. The third-order valence-electron chi connectivity index (χ3n) is 4.92. The first-order chi connectivity index (χ1) is 13.4. The zero-order valence-electron chi connectivity index (χ0n) is 16.1. The minimum Gasteiger partial charge on any atom is -0.493 e. The molecule has 6 heteroatoms. The maximum absolute atomic E-state index is 13.3. The Morgan fingerprint density at radius 3 is 2.43 bits per heavy atom. The summed E-state index contributed by atoms with van der Waals surface area (Å²) in [6.07, 6.45) is 1.13. The highest BCUT2D eigenvalue weighted by atomic mass is 35.5. The largest absolute Gasteiger partial charge is 0.493 e. The molecule has 1 heterocycles. The lowest BCUT2D eigenvalue weighted by atomic mass is 9.73. The van der Waals surface area contributed by atoms with Gasteiger partial charge in [-0.05, 0) is 60.7 Å². The van der Waals surface area contributed by atoms with Crippen LogP contribution in [0.25, 0.3) is 0 Å². The van der Waals surface area contributed by atoms with Crippen molar-refractivity contribution in [2.24, 2.45) is 5.92 Å². The standard InChI is InChI=1S/C22H25Cl2NO3/c1-15(2)14-28-18-6-4-17(5-7-18)25-21(26)22(9-11-27-12-10-22)19-8-3-16(23)13-20(19)24/h3-8,13,15H,9-12,14H2,1-2H3,(H,25,26). The van der Waals surface area contributed by atoms with Crippen molar-refractivity contribution in [1.29, 1.82) is 0 Å². The predicted molar refractivity (Wildman–Crippen MR) is 114 cm³/mol. The van der Waals surface area contributed by atoms with Crippen LogP contribution in [-0.4, -0.2) is 25.7 Å². The van der Waals surface area contributed by atoms with E-state index in [-0.39, 0.29) is 5.91 Å². The topological polar surface area (TPSA) is 47.6 Å². The van der Waals surface area contributed by atoms with Crippen LogP contribution in [0.2, 0.25) is 10.0 Å². The summed E-state index contributed by atoms with van der Waals surface area (Å²) >= 11 is 12.5. The van der Waals surface area contributed by atoms with Crippen molar-refractivity contribution in [3.05, 3.63) is 58.1 Å². The van der Waals surface area contributed by atoms with Crippen LogP contribution in [0.5, 0.6) is 5.75 Å². The number of carbonyl (C=O) groups excluding carboxylic acids is 1. The quantitative estimate of drug-likeness (QED) is 0.648.